The molecule has 0 saturated carbocycles. The molecule has 1 aromatic heterocycles. The second kappa shape index (κ2) is 4.47. The normalized spacial score (nSPS) is 10.5. The molecule has 0 atom stereocenters. The van der Waals surface area contributed by atoms with Crippen LogP contribution in [0.5, 0.6) is 0 Å². The number of nitrogens with two attached hydrogens (primary N) is 1. The molecule has 0 radical (unpaired) electrons. The van der Waals surface area contributed by atoms with E-state index in [0.29, 0.717) is 17.3 Å². The van der Waals surface area contributed by atoms with Crippen LogP contribution in [0.4, 0.5) is 0 Å². The van der Waals surface area contributed by atoms with Crippen molar-refractivity contribution in [2.75, 3.05) is 12.3 Å². The molecule has 0 unspecified atom stereocenters. The molecule has 0 amide bonds. The molecule has 0 aliphatic rings. The summed E-state index contributed by atoms with van der Waals surface area (Å²) in [5.41, 5.74) is 4.75. The molecule has 14 heavy (non-hydrogen) atoms. The van der Waals surface area contributed by atoms with E-state index in [4.69, 9.17) is 5.73 Å². The lowest BCUT2D eigenvalue weighted by Gasteiger charge is -2.07. The van der Waals surface area contributed by atoms with E-state index in [2.05, 4.69) is 0 Å². The van der Waals surface area contributed by atoms with Crippen LogP contribution in [0.25, 0.3) is 0 Å². The Hall–Kier alpha value is -1.01. The Morgan fingerprint density at radius 3 is 2.57 bits per heavy atom. The van der Waals surface area contributed by atoms with E-state index in [1.54, 1.807) is 7.05 Å². The highest BCUT2D eigenvalue weighted by atomic mass is 32.2. The molecule has 0 saturated heterocycles. The van der Waals surface area contributed by atoms with Gasteiger partial charge in [-0.15, -0.1) is 11.8 Å². The van der Waals surface area contributed by atoms with Gasteiger partial charge < -0.3 is 5.73 Å². The lowest BCUT2D eigenvalue weighted by molar-refractivity contribution is 0.636. The molecule has 0 spiro atoms. The molecule has 0 bridgehead atoms. The van der Waals surface area contributed by atoms with Crippen LogP contribution < -0.4 is 17.0 Å². The van der Waals surface area contributed by atoms with Crippen molar-refractivity contribution in [3.05, 3.63) is 26.9 Å². The van der Waals surface area contributed by atoms with Gasteiger partial charge in [0, 0.05) is 32.5 Å². The summed E-state index contributed by atoms with van der Waals surface area (Å²) in [5, 5.41) is 0.656. The summed E-state index contributed by atoms with van der Waals surface area (Å²) in [7, 11) is 3.10. The maximum atomic E-state index is 11.5. The van der Waals surface area contributed by atoms with Crippen molar-refractivity contribution in [3.63, 3.8) is 0 Å². The van der Waals surface area contributed by atoms with Gasteiger partial charge in [-0.1, -0.05) is 0 Å². The minimum atomic E-state index is -0.308. The fourth-order valence-corrected chi connectivity index (χ4v) is 1.80. The molecule has 0 fully saturated rings. The number of hydrogen-bond donors (Lipinski definition) is 1. The summed E-state index contributed by atoms with van der Waals surface area (Å²) in [6.07, 6.45) is 0. The monoisotopic (exact) mass is 215 g/mol. The van der Waals surface area contributed by atoms with E-state index >= 15 is 0 Å². The minimum absolute atomic E-state index is 0.285. The first-order valence-corrected chi connectivity index (χ1v) is 5.16. The lowest BCUT2D eigenvalue weighted by atomic mass is 10.6. The number of thioether (sulfide) groups is 1. The van der Waals surface area contributed by atoms with Crippen LogP contribution in [0.15, 0.2) is 20.7 Å². The highest BCUT2D eigenvalue weighted by Crippen LogP contribution is 2.11. The van der Waals surface area contributed by atoms with Gasteiger partial charge in [-0.05, 0) is 0 Å². The molecular formula is C8H13N3O2S. The molecular weight excluding hydrogens is 202 g/mol. The maximum Gasteiger partial charge on any atom is 0.331 e. The maximum absolute atomic E-state index is 11.5. The number of hydrogen-bond acceptors (Lipinski definition) is 4. The zero-order valence-electron chi connectivity index (χ0n) is 8.19. The van der Waals surface area contributed by atoms with Crippen LogP contribution in [0, 0.1) is 0 Å². The topological polar surface area (TPSA) is 70.0 Å². The van der Waals surface area contributed by atoms with Crippen LogP contribution >= 0.6 is 11.8 Å². The molecule has 5 nitrogen and oxygen atoms in total. The summed E-state index contributed by atoms with van der Waals surface area (Å²) in [4.78, 5) is 22.7. The molecule has 0 aliphatic heterocycles. The van der Waals surface area contributed by atoms with Crippen LogP contribution in [-0.4, -0.2) is 21.4 Å². The molecule has 6 heteroatoms. The highest BCUT2D eigenvalue weighted by molar-refractivity contribution is 7.99. The van der Waals surface area contributed by atoms with Gasteiger partial charge in [0.1, 0.15) is 0 Å². The van der Waals surface area contributed by atoms with Crippen molar-refractivity contribution in [2.45, 2.75) is 5.03 Å². The Morgan fingerprint density at radius 1 is 1.36 bits per heavy atom. The van der Waals surface area contributed by atoms with Crippen LogP contribution in [-0.2, 0) is 14.1 Å². The van der Waals surface area contributed by atoms with Crippen molar-refractivity contribution in [2.24, 2.45) is 19.8 Å². The summed E-state index contributed by atoms with van der Waals surface area (Å²) < 4.78 is 2.52. The van der Waals surface area contributed by atoms with Crippen molar-refractivity contribution in [1.29, 1.82) is 0 Å². The van der Waals surface area contributed by atoms with Crippen molar-refractivity contribution in [3.8, 4) is 0 Å². The molecule has 2 N–H and O–H groups in total. The minimum Gasteiger partial charge on any atom is -0.330 e. The Kier molecular flexibility index (Phi) is 3.54. The average molecular weight is 215 g/mol. The molecule has 1 heterocycles. The Balaban J connectivity index is 3.20. The number of nitrogens with zero attached hydrogens (tertiary/aromatic N) is 2. The fraction of sp³-hybridized carbons (Fsp3) is 0.500. The standard InChI is InChI=1S/C8H13N3O2S/c1-10-6(12)5-7(14-4-3-9)11(2)8(10)13/h5H,3-4,9H2,1-2H3. The third-order valence-electron chi connectivity index (χ3n) is 1.85. The second-order valence-corrected chi connectivity index (χ2v) is 3.97. The van der Waals surface area contributed by atoms with E-state index in [1.165, 1.54) is 29.4 Å². The quantitative estimate of drug-likeness (QED) is 0.526. The predicted octanol–water partition coefficient (Wildman–Crippen LogP) is -0.865. The van der Waals surface area contributed by atoms with Crippen molar-refractivity contribution in [1.82, 2.24) is 9.13 Å². The first kappa shape index (κ1) is 11.1. The predicted molar refractivity (Wildman–Crippen MR) is 56.7 cm³/mol. The van der Waals surface area contributed by atoms with Crippen molar-refractivity contribution >= 4 is 11.8 Å². The number of rotatable bonds is 3. The zero-order chi connectivity index (χ0) is 10.7. The second-order valence-electron chi connectivity index (χ2n) is 2.86. The Labute approximate surface area is 85.5 Å². The third-order valence-corrected chi connectivity index (χ3v) is 2.98. The number of aromatic nitrogens is 2. The molecule has 78 valence electrons. The van der Waals surface area contributed by atoms with E-state index in [0.717, 1.165) is 4.57 Å². The zero-order valence-corrected chi connectivity index (χ0v) is 9.00. The smallest absolute Gasteiger partial charge is 0.330 e. The van der Waals surface area contributed by atoms with Gasteiger partial charge in [-0.2, -0.15) is 0 Å². The third kappa shape index (κ3) is 2.08. The summed E-state index contributed by atoms with van der Waals surface area (Å²) in [6.45, 7) is 0.522. The van der Waals surface area contributed by atoms with Crippen LogP contribution in [0.1, 0.15) is 0 Å². The first-order valence-electron chi connectivity index (χ1n) is 4.18. The summed E-state index contributed by atoms with van der Waals surface area (Å²) in [5.74, 6) is 0.695. The Bertz CT molecular complexity index is 435. The average Bonchev–Trinajstić information content (AvgIpc) is 2.18. The van der Waals surface area contributed by atoms with Gasteiger partial charge >= 0.3 is 5.69 Å². The van der Waals surface area contributed by atoms with Gasteiger partial charge in [0.2, 0.25) is 0 Å². The summed E-state index contributed by atoms with van der Waals surface area (Å²) in [6, 6.07) is 1.45. The van der Waals surface area contributed by atoms with Crippen LogP contribution in [0.2, 0.25) is 0 Å². The highest BCUT2D eigenvalue weighted by Gasteiger charge is 2.05. The SMILES string of the molecule is Cn1c(SCCN)cc(=O)n(C)c1=O. The van der Waals surface area contributed by atoms with Gasteiger partial charge in [0.15, 0.2) is 0 Å². The van der Waals surface area contributed by atoms with E-state index in [9.17, 15) is 9.59 Å². The largest absolute Gasteiger partial charge is 0.331 e. The van der Waals surface area contributed by atoms with E-state index < -0.39 is 0 Å². The van der Waals surface area contributed by atoms with Gasteiger partial charge in [-0.25, -0.2) is 4.79 Å². The van der Waals surface area contributed by atoms with E-state index in [-0.39, 0.29) is 11.2 Å². The van der Waals surface area contributed by atoms with Crippen molar-refractivity contribution < 1.29 is 0 Å². The van der Waals surface area contributed by atoms with Gasteiger partial charge in [0.25, 0.3) is 5.56 Å². The van der Waals surface area contributed by atoms with E-state index in [1.807, 2.05) is 0 Å². The van der Waals surface area contributed by atoms with Crippen LogP contribution in [0.3, 0.4) is 0 Å². The molecule has 1 aromatic rings. The summed E-state index contributed by atoms with van der Waals surface area (Å²) >= 11 is 1.41. The molecule has 0 aliphatic carbocycles. The van der Waals surface area contributed by atoms with Gasteiger partial charge in [-0.3, -0.25) is 13.9 Å². The Morgan fingerprint density at radius 2 is 2.00 bits per heavy atom. The first-order chi connectivity index (χ1) is 6.57. The molecule has 0 aromatic carbocycles. The lowest BCUT2D eigenvalue weighted by Crippen LogP contribution is -2.37. The fourth-order valence-electron chi connectivity index (χ4n) is 1.01. The molecule has 1 rings (SSSR count). The van der Waals surface area contributed by atoms with Gasteiger partial charge in [0.05, 0.1) is 5.03 Å².